The van der Waals surface area contributed by atoms with Gasteiger partial charge in [0.15, 0.2) is 0 Å². The SMILES string of the molecule is CC/C=C\C/C=C\C/C=C\C/C=C\C/C=C\CCCCCCCCCCCC(=O)OC(COCCCCCCCCCCCCCCCCCCCCCCCCCC)COP(=O)(O)OCC[N+](C)(C)C. The van der Waals surface area contributed by atoms with E-state index >= 15 is 0 Å². The summed E-state index contributed by atoms with van der Waals surface area (Å²) in [5.74, 6) is -0.316. The number of rotatable bonds is 56. The summed E-state index contributed by atoms with van der Waals surface area (Å²) in [6.45, 7) is 5.55. The third-order valence-electron chi connectivity index (χ3n) is 13.1. The van der Waals surface area contributed by atoms with Gasteiger partial charge in [0.25, 0.3) is 0 Å². The van der Waals surface area contributed by atoms with Crippen LogP contribution in [-0.2, 0) is 27.9 Å². The Morgan fingerprint density at radius 2 is 0.817 bits per heavy atom. The molecule has 0 heterocycles. The first kappa shape index (κ1) is 69.2. The van der Waals surface area contributed by atoms with E-state index in [4.69, 9.17) is 18.5 Å². The molecule has 0 aromatic heterocycles. The van der Waals surface area contributed by atoms with Crippen LogP contribution in [0.15, 0.2) is 60.8 Å². The van der Waals surface area contributed by atoms with Gasteiger partial charge in [0, 0.05) is 13.0 Å². The van der Waals surface area contributed by atoms with Crippen LogP contribution in [0.5, 0.6) is 0 Å². The van der Waals surface area contributed by atoms with Gasteiger partial charge in [0.05, 0.1) is 34.4 Å². The first-order chi connectivity index (χ1) is 34.6. The van der Waals surface area contributed by atoms with Crippen molar-refractivity contribution in [1.82, 2.24) is 0 Å². The Hall–Kier alpha value is -1.80. The van der Waals surface area contributed by atoms with E-state index in [2.05, 4.69) is 74.6 Å². The number of ether oxygens (including phenoxy) is 2. The lowest BCUT2D eigenvalue weighted by atomic mass is 10.0. The number of carbonyl (C=O) groups is 1. The van der Waals surface area contributed by atoms with E-state index < -0.39 is 13.9 Å². The number of esters is 1. The molecule has 0 fully saturated rings. The molecule has 0 saturated carbocycles. The monoisotopic (exact) mass is 1020 g/mol. The fraction of sp³-hybridized carbons (Fsp3) is 0.823. The van der Waals surface area contributed by atoms with Crippen LogP contribution in [0.25, 0.3) is 0 Å². The molecule has 2 unspecified atom stereocenters. The summed E-state index contributed by atoms with van der Waals surface area (Å²) in [6, 6.07) is 0. The first-order valence-corrected chi connectivity index (χ1v) is 31.5. The predicted molar refractivity (Wildman–Crippen MR) is 307 cm³/mol. The largest absolute Gasteiger partial charge is 0.472 e. The van der Waals surface area contributed by atoms with Crippen molar-refractivity contribution < 1.29 is 37.3 Å². The molecule has 0 aliphatic heterocycles. The molecule has 0 radical (unpaired) electrons. The number of phosphoric acid groups is 1. The van der Waals surface area contributed by atoms with Gasteiger partial charge in [-0.15, -0.1) is 0 Å². The zero-order valence-corrected chi connectivity index (χ0v) is 48.4. The van der Waals surface area contributed by atoms with Crippen molar-refractivity contribution in [3.63, 3.8) is 0 Å². The van der Waals surface area contributed by atoms with E-state index in [1.807, 2.05) is 21.1 Å². The molecule has 0 amide bonds. The number of carbonyl (C=O) groups excluding carboxylic acids is 1. The molecule has 0 aliphatic rings. The van der Waals surface area contributed by atoms with Crippen LogP contribution >= 0.6 is 7.82 Å². The zero-order chi connectivity index (χ0) is 51.9. The summed E-state index contributed by atoms with van der Waals surface area (Å²) in [6.07, 6.45) is 71.5. The van der Waals surface area contributed by atoms with Crippen LogP contribution < -0.4 is 0 Å². The van der Waals surface area contributed by atoms with E-state index in [0.717, 1.165) is 70.6 Å². The zero-order valence-electron chi connectivity index (χ0n) is 47.5. The molecule has 8 nitrogen and oxygen atoms in total. The van der Waals surface area contributed by atoms with Gasteiger partial charge < -0.3 is 18.9 Å². The Morgan fingerprint density at radius 1 is 0.451 bits per heavy atom. The van der Waals surface area contributed by atoms with Crippen molar-refractivity contribution in [1.29, 1.82) is 0 Å². The number of nitrogens with zero attached hydrogens (tertiary/aromatic N) is 1. The lowest BCUT2D eigenvalue weighted by Gasteiger charge is -2.24. The summed E-state index contributed by atoms with van der Waals surface area (Å²) in [5, 5.41) is 0. The van der Waals surface area contributed by atoms with Crippen LogP contribution in [0.3, 0.4) is 0 Å². The molecule has 1 N–H and O–H groups in total. The van der Waals surface area contributed by atoms with Crippen molar-refractivity contribution in [3.05, 3.63) is 60.8 Å². The van der Waals surface area contributed by atoms with Crippen LogP contribution in [0.1, 0.15) is 271 Å². The molecule has 0 bridgehead atoms. The second-order valence-electron chi connectivity index (χ2n) is 21.4. The Bertz CT molecular complexity index is 1320. The molecule has 0 aromatic carbocycles. The second kappa shape index (κ2) is 54.5. The lowest BCUT2D eigenvalue weighted by molar-refractivity contribution is -0.870. The van der Waals surface area contributed by atoms with Crippen LogP contribution in [0.2, 0.25) is 0 Å². The van der Waals surface area contributed by atoms with Gasteiger partial charge in [-0.25, -0.2) is 4.57 Å². The third-order valence-corrected chi connectivity index (χ3v) is 14.1. The minimum absolute atomic E-state index is 0.0869. The highest BCUT2D eigenvalue weighted by Crippen LogP contribution is 2.43. The average Bonchev–Trinajstić information content (AvgIpc) is 3.33. The quantitative estimate of drug-likeness (QED) is 0.0213. The van der Waals surface area contributed by atoms with Gasteiger partial charge in [-0.05, 0) is 57.8 Å². The van der Waals surface area contributed by atoms with Gasteiger partial charge in [0.2, 0.25) is 0 Å². The maximum Gasteiger partial charge on any atom is 0.472 e. The standard InChI is InChI=1S/C62H116NO7P/c1-6-8-10-12-14-16-18-20-22-24-26-28-30-32-33-35-37-39-41-43-45-47-49-51-53-55-62(64)70-61(60-69-71(65,66)68-58-56-63(3,4)5)59-67-57-54-52-50-48-46-44-42-40-38-36-34-31-29-27-25-23-21-19-17-15-13-11-9-7-2/h8,10,14,16,20,22,26,28,32-33,61H,6-7,9,11-13,15,17-19,21,23-25,27,29-31,34-60H2,1-5H3/p+1/b10-8-,16-14-,22-20-,28-26-,33-32-. The maximum absolute atomic E-state index is 12.8. The molecule has 9 heteroatoms. The highest BCUT2D eigenvalue weighted by Gasteiger charge is 2.26. The summed E-state index contributed by atoms with van der Waals surface area (Å²) in [7, 11) is 1.67. The molecular weight excluding hydrogens is 902 g/mol. The smallest absolute Gasteiger partial charge is 0.457 e. The summed E-state index contributed by atoms with van der Waals surface area (Å²) >= 11 is 0. The molecule has 0 rings (SSSR count). The topological polar surface area (TPSA) is 91.3 Å². The Kier molecular flexibility index (Phi) is 53.1. The van der Waals surface area contributed by atoms with Crippen molar-refractivity contribution in [2.75, 3.05) is 54.1 Å². The summed E-state index contributed by atoms with van der Waals surface area (Å²) in [4.78, 5) is 23.1. The highest BCUT2D eigenvalue weighted by molar-refractivity contribution is 7.47. The lowest BCUT2D eigenvalue weighted by Crippen LogP contribution is -2.37. The molecule has 0 aromatic rings. The van der Waals surface area contributed by atoms with Crippen molar-refractivity contribution in [2.24, 2.45) is 0 Å². The normalized spacial score (nSPS) is 13.8. The number of hydrogen-bond donors (Lipinski definition) is 1. The minimum atomic E-state index is -4.29. The van der Waals surface area contributed by atoms with Crippen molar-refractivity contribution in [3.8, 4) is 0 Å². The van der Waals surface area contributed by atoms with Gasteiger partial charge >= 0.3 is 13.8 Å². The minimum Gasteiger partial charge on any atom is -0.457 e. The number of quaternary nitrogens is 1. The average molecular weight is 1020 g/mol. The van der Waals surface area contributed by atoms with Crippen molar-refractivity contribution in [2.45, 2.75) is 277 Å². The van der Waals surface area contributed by atoms with Gasteiger partial charge in [0.1, 0.15) is 19.3 Å². The number of hydrogen-bond acceptors (Lipinski definition) is 6. The Morgan fingerprint density at radius 3 is 1.23 bits per heavy atom. The fourth-order valence-corrected chi connectivity index (χ4v) is 9.27. The van der Waals surface area contributed by atoms with Crippen LogP contribution in [-0.4, -0.2) is 75.6 Å². The number of allylic oxidation sites excluding steroid dienone is 10. The van der Waals surface area contributed by atoms with E-state index in [-0.39, 0.29) is 25.8 Å². The molecule has 0 saturated heterocycles. The summed E-state index contributed by atoms with van der Waals surface area (Å²) < 4.78 is 35.3. The first-order valence-electron chi connectivity index (χ1n) is 30.0. The third kappa shape index (κ3) is 59.0. The van der Waals surface area contributed by atoms with E-state index in [1.54, 1.807) is 0 Å². The Balaban J connectivity index is 4.05. The van der Waals surface area contributed by atoms with Gasteiger partial charge in [-0.2, -0.15) is 0 Å². The molecule has 416 valence electrons. The summed E-state index contributed by atoms with van der Waals surface area (Å²) in [5.41, 5.74) is 0. The number of phosphoric ester groups is 1. The number of likely N-dealkylation sites (N-methyl/N-ethyl adjacent to an activating group) is 1. The Labute approximate surface area is 440 Å². The van der Waals surface area contributed by atoms with Crippen molar-refractivity contribution >= 4 is 13.8 Å². The molecule has 2 atom stereocenters. The number of unbranched alkanes of at least 4 members (excludes halogenated alkanes) is 32. The molecule has 0 spiro atoms. The van der Waals surface area contributed by atoms with Gasteiger partial charge in [-0.1, -0.05) is 267 Å². The van der Waals surface area contributed by atoms with E-state index in [0.29, 0.717) is 24.1 Å². The fourth-order valence-electron chi connectivity index (χ4n) is 8.52. The maximum atomic E-state index is 12.8. The second-order valence-corrected chi connectivity index (χ2v) is 22.8. The predicted octanol–water partition coefficient (Wildman–Crippen LogP) is 19.2. The van der Waals surface area contributed by atoms with Gasteiger partial charge in [-0.3, -0.25) is 13.8 Å². The molecule has 0 aliphatic carbocycles. The van der Waals surface area contributed by atoms with E-state index in [1.165, 1.54) is 180 Å². The van der Waals surface area contributed by atoms with E-state index in [9.17, 15) is 14.3 Å². The molecular formula is C62H117NO7P+. The van der Waals surface area contributed by atoms with Crippen LogP contribution in [0, 0.1) is 0 Å². The highest BCUT2D eigenvalue weighted by atomic mass is 31.2. The molecule has 71 heavy (non-hydrogen) atoms. The van der Waals surface area contributed by atoms with Crippen LogP contribution in [0.4, 0.5) is 0 Å².